The van der Waals surface area contributed by atoms with Gasteiger partial charge in [-0.15, -0.1) is 0 Å². The molecule has 0 saturated heterocycles. The summed E-state index contributed by atoms with van der Waals surface area (Å²) < 4.78 is 14.1. The van der Waals surface area contributed by atoms with E-state index in [1.807, 2.05) is 11.9 Å². The molecule has 0 spiro atoms. The molecule has 0 aliphatic heterocycles. The van der Waals surface area contributed by atoms with E-state index in [9.17, 15) is 9.50 Å². The first-order valence-corrected chi connectivity index (χ1v) is 7.27. The van der Waals surface area contributed by atoms with E-state index >= 15 is 0 Å². The van der Waals surface area contributed by atoms with Crippen molar-refractivity contribution in [3.63, 3.8) is 0 Å². The Labute approximate surface area is 115 Å². The van der Waals surface area contributed by atoms with Crippen LogP contribution in [0.25, 0.3) is 0 Å². The van der Waals surface area contributed by atoms with Crippen LogP contribution in [0.5, 0.6) is 0 Å². The Morgan fingerprint density at radius 1 is 1.32 bits per heavy atom. The second-order valence-electron chi connectivity index (χ2n) is 5.74. The van der Waals surface area contributed by atoms with Crippen LogP contribution in [0.4, 0.5) is 10.1 Å². The van der Waals surface area contributed by atoms with E-state index in [-0.39, 0.29) is 5.82 Å². The van der Waals surface area contributed by atoms with E-state index in [0.29, 0.717) is 17.2 Å². The fraction of sp³-hybridized carbons (Fsp3) is 0.625. The molecule has 1 unspecified atom stereocenters. The molecule has 1 N–H and O–H groups in total. The van der Waals surface area contributed by atoms with E-state index in [4.69, 9.17) is 0 Å². The third kappa shape index (κ3) is 3.47. The number of hydrogen-bond donors (Lipinski definition) is 1. The molecule has 1 saturated carbocycles. The van der Waals surface area contributed by atoms with Crippen molar-refractivity contribution >= 4 is 5.69 Å². The molecule has 2 nitrogen and oxygen atoms in total. The number of rotatable bonds is 4. The second kappa shape index (κ2) is 6.38. The van der Waals surface area contributed by atoms with Gasteiger partial charge in [-0.1, -0.05) is 31.4 Å². The molecule has 1 aromatic rings. The van der Waals surface area contributed by atoms with Crippen LogP contribution in [0.2, 0.25) is 0 Å². The fourth-order valence-electron chi connectivity index (χ4n) is 3.12. The van der Waals surface area contributed by atoms with Crippen molar-refractivity contribution in [2.24, 2.45) is 5.92 Å². The van der Waals surface area contributed by atoms with Crippen LogP contribution in [0, 0.1) is 11.7 Å². The number of halogens is 1. The molecule has 0 bridgehead atoms. The van der Waals surface area contributed by atoms with Crippen molar-refractivity contribution in [1.82, 2.24) is 0 Å². The number of aliphatic hydroxyl groups is 1. The van der Waals surface area contributed by atoms with E-state index in [0.717, 1.165) is 6.54 Å². The van der Waals surface area contributed by atoms with Crippen LogP contribution in [0.3, 0.4) is 0 Å². The van der Waals surface area contributed by atoms with E-state index < -0.39 is 6.10 Å². The average Bonchev–Trinajstić information content (AvgIpc) is 2.39. The Hall–Kier alpha value is -1.09. The topological polar surface area (TPSA) is 23.5 Å². The minimum absolute atomic E-state index is 0.239. The number of nitrogens with zero attached hydrogens (tertiary/aromatic N) is 1. The summed E-state index contributed by atoms with van der Waals surface area (Å²) in [7, 11) is 1.93. The highest BCUT2D eigenvalue weighted by molar-refractivity contribution is 5.55. The summed E-state index contributed by atoms with van der Waals surface area (Å²) in [4.78, 5) is 1.98. The van der Waals surface area contributed by atoms with Gasteiger partial charge in [-0.05, 0) is 31.7 Å². The van der Waals surface area contributed by atoms with Gasteiger partial charge in [-0.3, -0.25) is 0 Å². The molecule has 106 valence electrons. The zero-order chi connectivity index (χ0) is 13.8. The summed E-state index contributed by atoms with van der Waals surface area (Å²) in [6.07, 6.45) is 5.75. The third-order valence-corrected chi connectivity index (χ3v) is 4.11. The first kappa shape index (κ1) is 14.3. The van der Waals surface area contributed by atoms with Crippen molar-refractivity contribution in [1.29, 1.82) is 0 Å². The summed E-state index contributed by atoms with van der Waals surface area (Å²) in [5, 5.41) is 9.79. The highest BCUT2D eigenvalue weighted by Gasteiger charge is 2.20. The summed E-state index contributed by atoms with van der Waals surface area (Å²) in [5.74, 6) is 0.414. The zero-order valence-electron chi connectivity index (χ0n) is 11.9. The van der Waals surface area contributed by atoms with E-state index in [1.54, 1.807) is 19.1 Å². The largest absolute Gasteiger partial charge is 0.389 e. The number of aliphatic hydroxyl groups excluding tert-OH is 1. The highest BCUT2D eigenvalue weighted by atomic mass is 19.1. The lowest BCUT2D eigenvalue weighted by atomic mass is 9.89. The molecule has 0 radical (unpaired) electrons. The molecule has 0 heterocycles. The fourth-order valence-corrected chi connectivity index (χ4v) is 3.12. The predicted molar refractivity (Wildman–Crippen MR) is 76.9 cm³/mol. The van der Waals surface area contributed by atoms with Gasteiger partial charge >= 0.3 is 0 Å². The van der Waals surface area contributed by atoms with E-state index in [1.165, 1.54) is 38.2 Å². The van der Waals surface area contributed by atoms with Crippen LogP contribution in [0.15, 0.2) is 18.2 Å². The van der Waals surface area contributed by atoms with Crippen molar-refractivity contribution in [2.75, 3.05) is 18.5 Å². The maximum Gasteiger partial charge on any atom is 0.146 e. The second-order valence-corrected chi connectivity index (χ2v) is 5.74. The SMILES string of the molecule is CC(O)c1cccc(F)c1N(C)CC1CCCCC1. The molecule has 0 amide bonds. The maximum absolute atomic E-state index is 14.1. The molecular weight excluding hydrogens is 241 g/mol. The average molecular weight is 265 g/mol. The third-order valence-electron chi connectivity index (χ3n) is 4.11. The summed E-state index contributed by atoms with van der Waals surface area (Å²) >= 11 is 0. The number of benzene rings is 1. The molecule has 0 aromatic heterocycles. The lowest BCUT2D eigenvalue weighted by Gasteiger charge is -2.30. The van der Waals surface area contributed by atoms with Crippen LogP contribution < -0.4 is 4.90 Å². The molecule has 1 aliphatic rings. The minimum Gasteiger partial charge on any atom is -0.389 e. The van der Waals surface area contributed by atoms with Crippen molar-refractivity contribution in [3.05, 3.63) is 29.6 Å². The van der Waals surface area contributed by atoms with Gasteiger partial charge < -0.3 is 10.0 Å². The van der Waals surface area contributed by atoms with Gasteiger partial charge in [0.05, 0.1) is 11.8 Å². The van der Waals surface area contributed by atoms with Crippen LogP contribution >= 0.6 is 0 Å². The molecule has 1 aromatic carbocycles. The van der Waals surface area contributed by atoms with Crippen LogP contribution in [-0.4, -0.2) is 18.7 Å². The first-order valence-electron chi connectivity index (χ1n) is 7.27. The van der Waals surface area contributed by atoms with Gasteiger partial charge in [0.15, 0.2) is 0 Å². The monoisotopic (exact) mass is 265 g/mol. The van der Waals surface area contributed by atoms with Crippen molar-refractivity contribution in [3.8, 4) is 0 Å². The summed E-state index contributed by atoms with van der Waals surface area (Å²) in [6.45, 7) is 2.56. The molecule has 1 aliphatic carbocycles. The summed E-state index contributed by atoms with van der Waals surface area (Å²) in [6, 6.07) is 4.94. The summed E-state index contributed by atoms with van der Waals surface area (Å²) in [5.41, 5.74) is 1.24. The van der Waals surface area contributed by atoms with Gasteiger partial charge in [0.25, 0.3) is 0 Å². The normalized spacial score (nSPS) is 18.3. The Morgan fingerprint density at radius 2 is 2.00 bits per heavy atom. The predicted octanol–water partition coefficient (Wildman–Crippen LogP) is 3.90. The molecule has 2 rings (SSSR count). The van der Waals surface area contributed by atoms with Gasteiger partial charge in [0.1, 0.15) is 5.82 Å². The van der Waals surface area contributed by atoms with Crippen molar-refractivity contribution in [2.45, 2.75) is 45.1 Å². The lowest BCUT2D eigenvalue weighted by Crippen LogP contribution is -2.28. The smallest absolute Gasteiger partial charge is 0.146 e. The van der Waals surface area contributed by atoms with Crippen LogP contribution in [0.1, 0.15) is 50.7 Å². The number of hydrogen-bond acceptors (Lipinski definition) is 2. The Balaban J connectivity index is 2.15. The Bertz CT molecular complexity index is 413. The highest BCUT2D eigenvalue weighted by Crippen LogP contribution is 2.31. The first-order chi connectivity index (χ1) is 9.09. The van der Waals surface area contributed by atoms with Gasteiger partial charge in [0.2, 0.25) is 0 Å². The Morgan fingerprint density at radius 3 is 2.63 bits per heavy atom. The number of para-hydroxylation sites is 1. The van der Waals surface area contributed by atoms with Crippen molar-refractivity contribution < 1.29 is 9.50 Å². The minimum atomic E-state index is -0.639. The van der Waals surface area contributed by atoms with E-state index in [2.05, 4.69) is 0 Å². The molecule has 19 heavy (non-hydrogen) atoms. The maximum atomic E-state index is 14.1. The van der Waals surface area contributed by atoms with Gasteiger partial charge in [-0.2, -0.15) is 0 Å². The molecule has 3 heteroatoms. The van der Waals surface area contributed by atoms with Crippen LogP contribution in [-0.2, 0) is 0 Å². The molecule has 1 atom stereocenters. The molecule has 1 fully saturated rings. The quantitative estimate of drug-likeness (QED) is 0.892. The number of anilines is 1. The zero-order valence-corrected chi connectivity index (χ0v) is 11.9. The van der Waals surface area contributed by atoms with Gasteiger partial charge in [0, 0.05) is 19.2 Å². The van der Waals surface area contributed by atoms with Gasteiger partial charge in [-0.25, -0.2) is 4.39 Å². The Kier molecular flexibility index (Phi) is 4.81. The standard InChI is InChI=1S/C16H24FNO/c1-12(19)14-9-6-10-15(17)16(14)18(2)11-13-7-4-3-5-8-13/h6,9-10,12-13,19H,3-5,7-8,11H2,1-2H3. The molecular formula is C16H24FNO. The lowest BCUT2D eigenvalue weighted by molar-refractivity contribution is 0.199.